The van der Waals surface area contributed by atoms with Crippen LogP contribution in [0.2, 0.25) is 0 Å². The highest BCUT2D eigenvalue weighted by molar-refractivity contribution is 5.75. The maximum atomic E-state index is 11.5. The summed E-state index contributed by atoms with van der Waals surface area (Å²) in [6, 6.07) is 0. The molecule has 0 radical (unpaired) electrons. The summed E-state index contributed by atoms with van der Waals surface area (Å²) in [6.45, 7) is 4.89. The molecule has 0 unspecified atom stereocenters. The smallest absolute Gasteiger partial charge is 0.303 e. The highest BCUT2D eigenvalue weighted by Crippen LogP contribution is 2.04. The SMILES string of the molecule is CC(C)CN(C)C(=O)CCCCC(=O)O. The highest BCUT2D eigenvalue weighted by Gasteiger charge is 2.09. The minimum Gasteiger partial charge on any atom is -0.481 e. The molecule has 0 aromatic heterocycles. The van der Waals surface area contributed by atoms with Crippen LogP contribution in [0.1, 0.15) is 39.5 Å². The summed E-state index contributed by atoms with van der Waals surface area (Å²) in [7, 11) is 1.79. The van der Waals surface area contributed by atoms with Gasteiger partial charge < -0.3 is 10.0 Å². The third-order valence-electron chi connectivity index (χ3n) is 2.10. The van der Waals surface area contributed by atoms with Gasteiger partial charge in [0.05, 0.1) is 0 Å². The molecule has 0 aromatic rings. The van der Waals surface area contributed by atoms with Gasteiger partial charge in [-0.1, -0.05) is 13.8 Å². The molecular formula is C11H21NO3. The molecule has 0 atom stereocenters. The van der Waals surface area contributed by atoms with Crippen LogP contribution < -0.4 is 0 Å². The first kappa shape index (κ1) is 13.9. The number of rotatable bonds is 7. The maximum absolute atomic E-state index is 11.5. The zero-order valence-corrected chi connectivity index (χ0v) is 9.82. The van der Waals surface area contributed by atoms with Gasteiger partial charge in [-0.15, -0.1) is 0 Å². The lowest BCUT2D eigenvalue weighted by Gasteiger charge is -2.19. The summed E-state index contributed by atoms with van der Waals surface area (Å²) >= 11 is 0. The average molecular weight is 215 g/mol. The van der Waals surface area contributed by atoms with Crippen LogP contribution in [0.4, 0.5) is 0 Å². The number of unbranched alkanes of at least 4 members (excludes halogenated alkanes) is 1. The number of amides is 1. The summed E-state index contributed by atoms with van der Waals surface area (Å²) in [5.41, 5.74) is 0. The molecule has 0 saturated carbocycles. The van der Waals surface area contributed by atoms with E-state index in [1.54, 1.807) is 11.9 Å². The molecule has 1 amide bonds. The minimum absolute atomic E-state index is 0.106. The maximum Gasteiger partial charge on any atom is 0.303 e. The lowest BCUT2D eigenvalue weighted by atomic mass is 10.1. The highest BCUT2D eigenvalue weighted by atomic mass is 16.4. The molecule has 4 nitrogen and oxygen atoms in total. The summed E-state index contributed by atoms with van der Waals surface area (Å²) in [5, 5.41) is 8.41. The Balaban J connectivity index is 3.60. The van der Waals surface area contributed by atoms with E-state index in [0.717, 1.165) is 6.54 Å². The molecule has 0 bridgehead atoms. The Bertz CT molecular complexity index is 214. The average Bonchev–Trinajstić information content (AvgIpc) is 2.10. The van der Waals surface area contributed by atoms with E-state index in [1.165, 1.54) is 0 Å². The van der Waals surface area contributed by atoms with Crippen LogP contribution >= 0.6 is 0 Å². The Hall–Kier alpha value is -1.06. The minimum atomic E-state index is -0.794. The lowest BCUT2D eigenvalue weighted by Crippen LogP contribution is -2.29. The van der Waals surface area contributed by atoms with Crippen molar-refractivity contribution in [2.75, 3.05) is 13.6 Å². The molecular weight excluding hydrogens is 194 g/mol. The molecule has 0 aromatic carbocycles. The third kappa shape index (κ3) is 7.97. The van der Waals surface area contributed by atoms with Crippen molar-refractivity contribution in [2.45, 2.75) is 39.5 Å². The monoisotopic (exact) mass is 215 g/mol. The zero-order chi connectivity index (χ0) is 11.8. The third-order valence-corrected chi connectivity index (χ3v) is 2.10. The fraction of sp³-hybridized carbons (Fsp3) is 0.818. The fourth-order valence-electron chi connectivity index (χ4n) is 1.39. The van der Waals surface area contributed by atoms with Gasteiger partial charge in [0.25, 0.3) is 0 Å². The first-order valence-corrected chi connectivity index (χ1v) is 5.39. The summed E-state index contributed by atoms with van der Waals surface area (Å²) in [4.78, 5) is 23.4. The number of carboxylic acid groups (broad SMARTS) is 1. The zero-order valence-electron chi connectivity index (χ0n) is 9.82. The molecule has 0 aliphatic carbocycles. The van der Waals surface area contributed by atoms with Crippen molar-refractivity contribution in [1.29, 1.82) is 0 Å². The number of nitrogens with zero attached hydrogens (tertiary/aromatic N) is 1. The van der Waals surface area contributed by atoms with Crippen LogP contribution in [0.5, 0.6) is 0 Å². The van der Waals surface area contributed by atoms with Crippen molar-refractivity contribution in [3.8, 4) is 0 Å². The van der Waals surface area contributed by atoms with Crippen molar-refractivity contribution in [3.63, 3.8) is 0 Å². The van der Waals surface area contributed by atoms with Gasteiger partial charge in [-0.25, -0.2) is 0 Å². The molecule has 88 valence electrons. The van der Waals surface area contributed by atoms with E-state index in [4.69, 9.17) is 5.11 Å². The molecule has 15 heavy (non-hydrogen) atoms. The van der Waals surface area contributed by atoms with Gasteiger partial charge in [0, 0.05) is 26.4 Å². The Morgan fingerprint density at radius 2 is 1.73 bits per heavy atom. The van der Waals surface area contributed by atoms with Crippen molar-refractivity contribution < 1.29 is 14.7 Å². The van der Waals surface area contributed by atoms with E-state index < -0.39 is 5.97 Å². The number of carboxylic acids is 1. The molecule has 0 aliphatic heterocycles. The molecule has 0 heterocycles. The van der Waals surface area contributed by atoms with Crippen LogP contribution in [0.3, 0.4) is 0 Å². The summed E-state index contributed by atoms with van der Waals surface area (Å²) in [6.07, 6.45) is 1.85. The molecule has 1 N–H and O–H groups in total. The van der Waals surface area contributed by atoms with E-state index in [2.05, 4.69) is 13.8 Å². The van der Waals surface area contributed by atoms with Gasteiger partial charge in [0.2, 0.25) is 5.91 Å². The standard InChI is InChI=1S/C11H21NO3/c1-9(2)8-12(3)10(13)6-4-5-7-11(14)15/h9H,4-8H2,1-3H3,(H,14,15). The quantitative estimate of drug-likeness (QED) is 0.658. The Labute approximate surface area is 91.3 Å². The van der Waals surface area contributed by atoms with E-state index in [9.17, 15) is 9.59 Å². The topological polar surface area (TPSA) is 57.6 Å². The second-order valence-electron chi connectivity index (χ2n) is 4.27. The second kappa shape index (κ2) is 7.26. The molecule has 0 spiro atoms. The second-order valence-corrected chi connectivity index (χ2v) is 4.27. The van der Waals surface area contributed by atoms with Gasteiger partial charge in [0.1, 0.15) is 0 Å². The fourth-order valence-corrected chi connectivity index (χ4v) is 1.39. The van der Waals surface area contributed by atoms with Gasteiger partial charge in [0.15, 0.2) is 0 Å². The molecule has 0 fully saturated rings. The first-order chi connectivity index (χ1) is 6.93. The normalized spacial score (nSPS) is 10.4. The Morgan fingerprint density at radius 1 is 1.20 bits per heavy atom. The molecule has 0 rings (SSSR count). The van der Waals surface area contributed by atoms with Gasteiger partial charge >= 0.3 is 5.97 Å². The summed E-state index contributed by atoms with van der Waals surface area (Å²) < 4.78 is 0. The van der Waals surface area contributed by atoms with Crippen LogP contribution in [-0.4, -0.2) is 35.5 Å². The van der Waals surface area contributed by atoms with E-state index in [-0.39, 0.29) is 12.3 Å². The first-order valence-electron chi connectivity index (χ1n) is 5.39. The van der Waals surface area contributed by atoms with Crippen LogP contribution in [0.25, 0.3) is 0 Å². The van der Waals surface area contributed by atoms with Gasteiger partial charge in [-0.05, 0) is 18.8 Å². The number of aliphatic carboxylic acids is 1. The van der Waals surface area contributed by atoms with E-state index >= 15 is 0 Å². The Morgan fingerprint density at radius 3 is 2.20 bits per heavy atom. The van der Waals surface area contributed by atoms with Crippen molar-refractivity contribution in [3.05, 3.63) is 0 Å². The van der Waals surface area contributed by atoms with Crippen molar-refractivity contribution in [1.82, 2.24) is 4.90 Å². The van der Waals surface area contributed by atoms with Gasteiger partial charge in [-0.3, -0.25) is 9.59 Å². The Kier molecular flexibility index (Phi) is 6.75. The number of carbonyl (C=O) groups excluding carboxylic acids is 1. The number of carbonyl (C=O) groups is 2. The largest absolute Gasteiger partial charge is 0.481 e. The molecule has 0 aliphatic rings. The predicted octanol–water partition coefficient (Wildman–Crippen LogP) is 1.75. The summed E-state index contributed by atoms with van der Waals surface area (Å²) in [5.74, 6) is -0.218. The predicted molar refractivity (Wildman–Crippen MR) is 58.6 cm³/mol. The van der Waals surface area contributed by atoms with Crippen LogP contribution in [0, 0.1) is 5.92 Å². The van der Waals surface area contributed by atoms with E-state index in [1.807, 2.05) is 0 Å². The molecule has 0 saturated heterocycles. The number of hydrogen-bond donors (Lipinski definition) is 1. The van der Waals surface area contributed by atoms with Crippen molar-refractivity contribution >= 4 is 11.9 Å². The number of hydrogen-bond acceptors (Lipinski definition) is 2. The van der Waals surface area contributed by atoms with Gasteiger partial charge in [-0.2, -0.15) is 0 Å². The van der Waals surface area contributed by atoms with E-state index in [0.29, 0.717) is 25.2 Å². The van der Waals surface area contributed by atoms with Crippen molar-refractivity contribution in [2.24, 2.45) is 5.92 Å². The lowest BCUT2D eigenvalue weighted by molar-refractivity contribution is -0.137. The molecule has 4 heteroatoms. The van der Waals surface area contributed by atoms with Crippen LogP contribution in [0.15, 0.2) is 0 Å². The van der Waals surface area contributed by atoms with Crippen LogP contribution in [-0.2, 0) is 9.59 Å².